The van der Waals surface area contributed by atoms with E-state index in [9.17, 15) is 18.4 Å². The van der Waals surface area contributed by atoms with Gasteiger partial charge in [0.15, 0.2) is 0 Å². The van der Waals surface area contributed by atoms with Gasteiger partial charge < -0.3 is 15.2 Å². The molecular formula is C12H15F2NO4. The van der Waals surface area contributed by atoms with Gasteiger partial charge in [-0.25, -0.2) is 9.59 Å². The molecule has 0 amide bonds. The summed E-state index contributed by atoms with van der Waals surface area (Å²) in [6, 6.07) is 0. The van der Waals surface area contributed by atoms with Crippen molar-refractivity contribution in [2.24, 2.45) is 11.8 Å². The summed E-state index contributed by atoms with van der Waals surface area (Å²) in [6.45, 7) is 0.460. The molecule has 1 atom stereocenters. The number of hydrogen-bond donors (Lipinski definition) is 2. The van der Waals surface area contributed by atoms with Crippen molar-refractivity contribution >= 4 is 11.9 Å². The lowest BCUT2D eigenvalue weighted by molar-refractivity contribution is -0.171. The molecule has 1 unspecified atom stereocenters. The molecule has 0 spiro atoms. The van der Waals surface area contributed by atoms with Gasteiger partial charge in [0.25, 0.3) is 0 Å². The number of aliphatic carboxylic acids is 1. The highest BCUT2D eigenvalue weighted by Gasteiger charge is 2.33. The van der Waals surface area contributed by atoms with Gasteiger partial charge in [0.05, 0.1) is 11.1 Å². The van der Waals surface area contributed by atoms with E-state index in [1.54, 1.807) is 0 Å². The van der Waals surface area contributed by atoms with Gasteiger partial charge in [-0.3, -0.25) is 0 Å². The Morgan fingerprint density at radius 2 is 1.95 bits per heavy atom. The Balaban J connectivity index is 2.98. The predicted octanol–water partition coefficient (Wildman–Crippen LogP) is 1.87. The van der Waals surface area contributed by atoms with Crippen molar-refractivity contribution in [2.45, 2.75) is 26.9 Å². The number of carbonyl (C=O) groups is 2. The normalized spacial score (nSPS) is 18.7. The molecule has 0 fully saturated rings. The van der Waals surface area contributed by atoms with Crippen molar-refractivity contribution < 1.29 is 28.2 Å². The van der Waals surface area contributed by atoms with E-state index in [2.05, 4.69) is 10.1 Å². The van der Waals surface area contributed by atoms with Gasteiger partial charge in [0, 0.05) is 18.3 Å². The van der Waals surface area contributed by atoms with Crippen LogP contribution in [0.15, 0.2) is 23.5 Å². The summed E-state index contributed by atoms with van der Waals surface area (Å²) in [4.78, 5) is 22.6. The number of ether oxygens (including phenoxy) is 1. The summed E-state index contributed by atoms with van der Waals surface area (Å²) in [5.74, 6) is -3.08. The fourth-order valence-corrected chi connectivity index (χ4v) is 1.88. The van der Waals surface area contributed by atoms with E-state index in [1.165, 1.54) is 12.4 Å². The van der Waals surface area contributed by atoms with E-state index in [4.69, 9.17) is 5.11 Å². The molecule has 0 aromatic heterocycles. The second kappa shape index (κ2) is 6.31. The van der Waals surface area contributed by atoms with E-state index in [-0.39, 0.29) is 17.1 Å². The molecule has 0 aromatic rings. The summed E-state index contributed by atoms with van der Waals surface area (Å²) in [5, 5.41) is 11.5. The zero-order chi connectivity index (χ0) is 14.6. The Morgan fingerprint density at radius 1 is 1.37 bits per heavy atom. The summed E-state index contributed by atoms with van der Waals surface area (Å²) in [6.07, 6.45) is 2.79. The standard InChI is InChI=1S/C12H15F2NO4/c1-6(2)3-7-8(10(16)17)4-15-5-9(7)11(18)19-12(13)14/h4-7,12,15H,3H2,1-2H3,(H,16,17). The van der Waals surface area contributed by atoms with Crippen molar-refractivity contribution in [3.8, 4) is 0 Å². The first-order chi connectivity index (χ1) is 8.82. The minimum absolute atomic E-state index is 0.0441. The first-order valence-electron chi connectivity index (χ1n) is 5.71. The molecule has 0 bridgehead atoms. The lowest BCUT2D eigenvalue weighted by Crippen LogP contribution is -2.29. The van der Waals surface area contributed by atoms with Gasteiger partial charge in [-0.2, -0.15) is 8.78 Å². The average molecular weight is 275 g/mol. The van der Waals surface area contributed by atoms with Gasteiger partial charge in [0.1, 0.15) is 0 Å². The molecule has 7 heteroatoms. The molecule has 1 heterocycles. The minimum atomic E-state index is -3.23. The van der Waals surface area contributed by atoms with Gasteiger partial charge in [-0.1, -0.05) is 13.8 Å². The van der Waals surface area contributed by atoms with Crippen LogP contribution < -0.4 is 5.32 Å². The maximum absolute atomic E-state index is 12.1. The molecule has 0 aliphatic carbocycles. The Hall–Kier alpha value is -1.92. The molecule has 19 heavy (non-hydrogen) atoms. The summed E-state index contributed by atoms with van der Waals surface area (Å²) in [5.41, 5.74) is -0.147. The van der Waals surface area contributed by atoms with Crippen molar-refractivity contribution in [3.63, 3.8) is 0 Å². The highest BCUT2D eigenvalue weighted by molar-refractivity contribution is 5.95. The maximum Gasteiger partial charge on any atom is 0.389 e. The molecule has 0 saturated heterocycles. The van der Waals surface area contributed by atoms with Crippen LogP contribution in [0.2, 0.25) is 0 Å². The summed E-state index contributed by atoms with van der Waals surface area (Å²) in [7, 11) is 0. The number of carboxylic acid groups (broad SMARTS) is 1. The van der Waals surface area contributed by atoms with E-state index in [1.807, 2.05) is 13.8 Å². The van der Waals surface area contributed by atoms with Gasteiger partial charge in [-0.15, -0.1) is 0 Å². The highest BCUT2D eigenvalue weighted by Crippen LogP contribution is 2.30. The van der Waals surface area contributed by atoms with Crippen molar-refractivity contribution in [1.82, 2.24) is 5.32 Å². The minimum Gasteiger partial charge on any atom is -0.478 e. The van der Waals surface area contributed by atoms with Gasteiger partial charge >= 0.3 is 18.6 Å². The summed E-state index contributed by atoms with van der Waals surface area (Å²) >= 11 is 0. The molecule has 0 radical (unpaired) electrons. The maximum atomic E-state index is 12.1. The Kier molecular flexibility index (Phi) is 5.02. The van der Waals surface area contributed by atoms with Crippen molar-refractivity contribution in [1.29, 1.82) is 0 Å². The van der Waals surface area contributed by atoms with Crippen LogP contribution in [0.1, 0.15) is 20.3 Å². The lowest BCUT2D eigenvalue weighted by atomic mass is 9.83. The number of carbonyl (C=O) groups excluding carboxylic acids is 1. The lowest BCUT2D eigenvalue weighted by Gasteiger charge is -2.24. The van der Waals surface area contributed by atoms with Gasteiger partial charge in [-0.05, 0) is 12.3 Å². The number of esters is 1. The molecule has 0 saturated carbocycles. The number of hydrogen-bond acceptors (Lipinski definition) is 4. The fraction of sp³-hybridized carbons (Fsp3) is 0.500. The number of nitrogens with one attached hydrogen (secondary N) is 1. The van der Waals surface area contributed by atoms with Crippen LogP contribution in [-0.2, 0) is 14.3 Å². The van der Waals surface area contributed by atoms with E-state index >= 15 is 0 Å². The number of dihydropyridines is 1. The average Bonchev–Trinajstić information content (AvgIpc) is 2.26. The number of carboxylic acids is 1. The number of alkyl halides is 2. The van der Waals surface area contributed by atoms with Crippen LogP contribution in [0.5, 0.6) is 0 Å². The Labute approximate surface area is 108 Å². The van der Waals surface area contributed by atoms with E-state index < -0.39 is 24.5 Å². The van der Waals surface area contributed by atoms with Crippen LogP contribution in [0.4, 0.5) is 8.78 Å². The second-order valence-electron chi connectivity index (χ2n) is 4.52. The fourth-order valence-electron chi connectivity index (χ4n) is 1.88. The van der Waals surface area contributed by atoms with Crippen LogP contribution in [0, 0.1) is 11.8 Å². The molecule has 1 aliphatic rings. The molecular weight excluding hydrogens is 260 g/mol. The third-order valence-electron chi connectivity index (χ3n) is 2.61. The van der Waals surface area contributed by atoms with Crippen LogP contribution in [0.25, 0.3) is 0 Å². The smallest absolute Gasteiger partial charge is 0.389 e. The van der Waals surface area contributed by atoms with Crippen LogP contribution in [-0.4, -0.2) is 23.7 Å². The highest BCUT2D eigenvalue weighted by atomic mass is 19.3. The van der Waals surface area contributed by atoms with Crippen LogP contribution in [0.3, 0.4) is 0 Å². The third-order valence-corrected chi connectivity index (χ3v) is 2.61. The van der Waals surface area contributed by atoms with E-state index in [0.29, 0.717) is 6.42 Å². The molecule has 106 valence electrons. The Morgan fingerprint density at radius 3 is 2.42 bits per heavy atom. The van der Waals surface area contributed by atoms with Crippen molar-refractivity contribution in [2.75, 3.05) is 0 Å². The Bertz CT molecular complexity index is 429. The molecule has 1 aliphatic heterocycles. The molecule has 5 nitrogen and oxygen atoms in total. The van der Waals surface area contributed by atoms with Crippen molar-refractivity contribution in [3.05, 3.63) is 23.5 Å². The van der Waals surface area contributed by atoms with Crippen LogP contribution >= 0.6 is 0 Å². The monoisotopic (exact) mass is 275 g/mol. The third kappa shape index (κ3) is 4.04. The number of rotatable bonds is 5. The summed E-state index contributed by atoms with van der Waals surface area (Å²) < 4.78 is 28.0. The number of halogens is 2. The first kappa shape index (κ1) is 15.1. The SMILES string of the molecule is CC(C)CC1C(C(=O)O)=CNC=C1C(=O)OC(F)F. The van der Waals surface area contributed by atoms with E-state index in [0.717, 1.165) is 0 Å². The zero-order valence-corrected chi connectivity index (χ0v) is 10.5. The second-order valence-corrected chi connectivity index (χ2v) is 4.52. The topological polar surface area (TPSA) is 75.6 Å². The molecule has 0 aromatic carbocycles. The zero-order valence-electron chi connectivity index (χ0n) is 10.5. The predicted molar refractivity (Wildman–Crippen MR) is 62.0 cm³/mol. The largest absolute Gasteiger partial charge is 0.478 e. The quantitative estimate of drug-likeness (QED) is 0.749. The molecule has 2 N–H and O–H groups in total. The molecule has 1 rings (SSSR count). The van der Waals surface area contributed by atoms with Gasteiger partial charge in [0.2, 0.25) is 0 Å². The first-order valence-corrected chi connectivity index (χ1v) is 5.71.